The Labute approximate surface area is 101 Å². The van der Waals surface area contributed by atoms with Gasteiger partial charge in [-0.3, -0.25) is 14.9 Å². The lowest BCUT2D eigenvalue weighted by atomic mass is 9.85. The SMILES string of the molecule is COC1(OC)CN2CC(c3cnccn3)C1C2. The highest BCUT2D eigenvalue weighted by Gasteiger charge is 2.56. The van der Waals surface area contributed by atoms with Gasteiger partial charge in [-0.05, 0) is 0 Å². The number of hydrogen-bond donors (Lipinski definition) is 0. The summed E-state index contributed by atoms with van der Waals surface area (Å²) in [5, 5.41) is 0. The van der Waals surface area contributed by atoms with Crippen molar-refractivity contribution in [2.75, 3.05) is 33.9 Å². The molecule has 3 heterocycles. The maximum Gasteiger partial charge on any atom is 0.185 e. The fraction of sp³-hybridized carbons (Fsp3) is 0.667. The van der Waals surface area contributed by atoms with Crippen LogP contribution in [0.25, 0.3) is 0 Å². The van der Waals surface area contributed by atoms with Crippen LogP contribution >= 0.6 is 0 Å². The molecule has 2 bridgehead atoms. The van der Waals surface area contributed by atoms with E-state index in [1.807, 2.05) is 6.20 Å². The molecule has 5 nitrogen and oxygen atoms in total. The first-order valence-electron chi connectivity index (χ1n) is 5.87. The van der Waals surface area contributed by atoms with Gasteiger partial charge >= 0.3 is 0 Å². The van der Waals surface area contributed by atoms with Gasteiger partial charge in [-0.1, -0.05) is 0 Å². The van der Waals surface area contributed by atoms with Gasteiger partial charge in [-0.15, -0.1) is 0 Å². The average molecular weight is 235 g/mol. The van der Waals surface area contributed by atoms with Crippen LogP contribution in [0.15, 0.2) is 18.6 Å². The third-order valence-electron chi connectivity index (χ3n) is 4.06. The molecule has 1 aromatic rings. The Balaban J connectivity index is 1.90. The molecule has 5 heteroatoms. The minimum absolute atomic E-state index is 0.342. The minimum atomic E-state index is -0.472. The lowest BCUT2D eigenvalue weighted by molar-refractivity contribution is -0.231. The third kappa shape index (κ3) is 1.57. The van der Waals surface area contributed by atoms with E-state index in [1.165, 1.54) is 0 Å². The number of piperidine rings is 1. The molecule has 3 atom stereocenters. The van der Waals surface area contributed by atoms with E-state index in [0.29, 0.717) is 11.8 Å². The van der Waals surface area contributed by atoms with Crippen molar-refractivity contribution < 1.29 is 9.47 Å². The van der Waals surface area contributed by atoms with Gasteiger partial charge in [0.15, 0.2) is 5.79 Å². The van der Waals surface area contributed by atoms with Crippen molar-refractivity contribution in [1.29, 1.82) is 0 Å². The first kappa shape index (κ1) is 11.1. The first-order valence-corrected chi connectivity index (χ1v) is 5.87. The van der Waals surface area contributed by atoms with Crippen LogP contribution in [0.3, 0.4) is 0 Å². The van der Waals surface area contributed by atoms with E-state index in [1.54, 1.807) is 26.6 Å². The van der Waals surface area contributed by atoms with E-state index < -0.39 is 5.79 Å². The average Bonchev–Trinajstić information content (AvgIpc) is 2.97. The Morgan fingerprint density at radius 2 is 2.12 bits per heavy atom. The molecular weight excluding hydrogens is 218 g/mol. The number of methoxy groups -OCH3 is 2. The third-order valence-corrected chi connectivity index (χ3v) is 4.06. The zero-order valence-electron chi connectivity index (χ0n) is 10.2. The summed E-state index contributed by atoms with van der Waals surface area (Å²) in [5.74, 6) is 0.229. The van der Waals surface area contributed by atoms with Crippen LogP contribution in [0.5, 0.6) is 0 Å². The highest BCUT2D eigenvalue weighted by atomic mass is 16.7. The topological polar surface area (TPSA) is 47.5 Å². The van der Waals surface area contributed by atoms with Gasteiger partial charge in [-0.2, -0.15) is 0 Å². The molecule has 92 valence electrons. The van der Waals surface area contributed by atoms with Crippen LogP contribution < -0.4 is 0 Å². The number of nitrogens with zero attached hydrogens (tertiary/aromatic N) is 3. The van der Waals surface area contributed by atoms with E-state index >= 15 is 0 Å². The van der Waals surface area contributed by atoms with Gasteiger partial charge in [0.2, 0.25) is 0 Å². The number of fused-ring (bicyclic) bond motifs is 2. The van der Waals surface area contributed by atoms with Crippen molar-refractivity contribution in [2.45, 2.75) is 11.7 Å². The summed E-state index contributed by atoms with van der Waals surface area (Å²) in [4.78, 5) is 10.9. The molecule has 0 radical (unpaired) electrons. The second-order valence-electron chi connectivity index (χ2n) is 4.76. The Hall–Kier alpha value is -1.04. The molecule has 3 unspecified atom stereocenters. The molecule has 0 N–H and O–H groups in total. The lowest BCUT2D eigenvalue weighted by Gasteiger charge is -2.38. The molecule has 2 aliphatic heterocycles. The predicted molar refractivity (Wildman–Crippen MR) is 61.5 cm³/mol. The second kappa shape index (κ2) is 4.01. The molecule has 3 rings (SSSR count). The molecule has 0 spiro atoms. The molecular formula is C12H17N3O2. The van der Waals surface area contributed by atoms with E-state index in [2.05, 4.69) is 14.9 Å². The van der Waals surface area contributed by atoms with E-state index in [4.69, 9.17) is 9.47 Å². The summed E-state index contributed by atoms with van der Waals surface area (Å²) in [7, 11) is 3.44. The van der Waals surface area contributed by atoms with Crippen LogP contribution in [0.2, 0.25) is 0 Å². The number of ether oxygens (including phenoxy) is 2. The molecule has 0 aromatic carbocycles. The predicted octanol–water partition coefficient (Wildman–Crippen LogP) is 0.495. The van der Waals surface area contributed by atoms with E-state index in [0.717, 1.165) is 25.3 Å². The van der Waals surface area contributed by atoms with Crippen molar-refractivity contribution in [2.24, 2.45) is 5.92 Å². The summed E-state index contributed by atoms with van der Waals surface area (Å²) in [6.07, 6.45) is 5.30. The molecule has 2 aliphatic rings. The molecule has 2 fully saturated rings. The van der Waals surface area contributed by atoms with Gasteiger partial charge in [0.05, 0.1) is 12.2 Å². The number of rotatable bonds is 3. The number of hydrogen-bond acceptors (Lipinski definition) is 5. The van der Waals surface area contributed by atoms with E-state index in [-0.39, 0.29) is 0 Å². The van der Waals surface area contributed by atoms with Crippen LogP contribution in [0.4, 0.5) is 0 Å². The summed E-state index contributed by atoms with van der Waals surface area (Å²) in [6, 6.07) is 0. The minimum Gasteiger partial charge on any atom is -0.352 e. The maximum absolute atomic E-state index is 5.62. The monoisotopic (exact) mass is 235 g/mol. The summed E-state index contributed by atoms with van der Waals surface area (Å²) in [5.41, 5.74) is 1.04. The fourth-order valence-corrected chi connectivity index (χ4v) is 3.21. The lowest BCUT2D eigenvalue weighted by Crippen LogP contribution is -2.48. The van der Waals surface area contributed by atoms with Crippen molar-refractivity contribution in [3.05, 3.63) is 24.3 Å². The maximum atomic E-state index is 5.62. The van der Waals surface area contributed by atoms with Gasteiger partial charge in [0.1, 0.15) is 0 Å². The summed E-state index contributed by atoms with van der Waals surface area (Å²) in [6.45, 7) is 2.89. The van der Waals surface area contributed by atoms with Gasteiger partial charge in [0.25, 0.3) is 0 Å². The molecule has 2 saturated heterocycles. The van der Waals surface area contributed by atoms with Crippen molar-refractivity contribution >= 4 is 0 Å². The zero-order valence-corrected chi connectivity index (χ0v) is 10.2. The Morgan fingerprint density at radius 1 is 1.29 bits per heavy atom. The summed E-state index contributed by atoms with van der Waals surface area (Å²) < 4.78 is 11.2. The fourth-order valence-electron chi connectivity index (χ4n) is 3.21. The molecule has 17 heavy (non-hydrogen) atoms. The highest BCUT2D eigenvalue weighted by molar-refractivity contribution is 5.16. The Kier molecular flexibility index (Phi) is 2.61. The normalized spacial score (nSPS) is 34.1. The smallest absolute Gasteiger partial charge is 0.185 e. The molecule has 1 aromatic heterocycles. The molecule has 0 aliphatic carbocycles. The Bertz CT molecular complexity index is 394. The zero-order chi connectivity index (χ0) is 11.9. The highest BCUT2D eigenvalue weighted by Crippen LogP contribution is 2.46. The molecule has 0 saturated carbocycles. The standard InChI is InChI=1S/C12H17N3O2/c1-16-12(17-2)8-15-6-9(10(12)7-15)11-5-13-3-4-14-11/h3-5,9-10H,6-8H2,1-2H3. The van der Waals surface area contributed by atoms with Crippen LogP contribution in [-0.2, 0) is 9.47 Å². The van der Waals surface area contributed by atoms with E-state index in [9.17, 15) is 0 Å². The van der Waals surface area contributed by atoms with Crippen molar-refractivity contribution in [3.8, 4) is 0 Å². The van der Waals surface area contributed by atoms with Gasteiger partial charge < -0.3 is 9.47 Å². The van der Waals surface area contributed by atoms with Crippen LogP contribution in [0.1, 0.15) is 11.6 Å². The van der Waals surface area contributed by atoms with Gasteiger partial charge in [-0.25, -0.2) is 0 Å². The second-order valence-corrected chi connectivity index (χ2v) is 4.76. The van der Waals surface area contributed by atoms with Crippen molar-refractivity contribution in [3.63, 3.8) is 0 Å². The van der Waals surface area contributed by atoms with Crippen LogP contribution in [-0.4, -0.2) is 54.5 Å². The van der Waals surface area contributed by atoms with Gasteiger partial charge in [0, 0.05) is 57.7 Å². The quantitative estimate of drug-likeness (QED) is 0.714. The molecule has 0 amide bonds. The number of aromatic nitrogens is 2. The van der Waals surface area contributed by atoms with Crippen molar-refractivity contribution in [1.82, 2.24) is 14.9 Å². The first-order chi connectivity index (χ1) is 8.29. The summed E-state index contributed by atoms with van der Waals surface area (Å²) >= 11 is 0. The Morgan fingerprint density at radius 3 is 2.71 bits per heavy atom. The van der Waals surface area contributed by atoms with Crippen LogP contribution in [0, 0.1) is 5.92 Å². The largest absolute Gasteiger partial charge is 0.352 e.